The molecule has 6 nitrogen and oxygen atoms in total. The molecule has 32 heavy (non-hydrogen) atoms. The summed E-state index contributed by atoms with van der Waals surface area (Å²) >= 11 is 0. The molecular formula is C24H40N2O4Si2. The van der Waals surface area contributed by atoms with E-state index in [-0.39, 0.29) is 35.7 Å². The van der Waals surface area contributed by atoms with Gasteiger partial charge in [-0.25, -0.2) is 4.79 Å². The van der Waals surface area contributed by atoms with Crippen LogP contribution in [0.15, 0.2) is 30.3 Å². The van der Waals surface area contributed by atoms with Gasteiger partial charge in [-0.15, -0.1) is 0 Å². The highest BCUT2D eigenvalue weighted by molar-refractivity contribution is 6.76. The number of nitrogens with zero attached hydrogens (tertiary/aromatic N) is 2. The molecule has 0 radical (unpaired) electrons. The first-order valence-electron chi connectivity index (χ1n) is 11.7. The molecule has 2 fully saturated rings. The zero-order valence-electron chi connectivity index (χ0n) is 21.1. The molecule has 1 aromatic carbocycles. The minimum Gasteiger partial charge on any atom is -0.447 e. The van der Waals surface area contributed by atoms with Crippen LogP contribution in [0.4, 0.5) is 4.79 Å². The molecule has 0 aliphatic carbocycles. The summed E-state index contributed by atoms with van der Waals surface area (Å²) in [4.78, 5) is 28.2. The normalized spacial score (nSPS) is 25.6. The number of β-lactam (4-membered cyclic amide) rings is 1. The van der Waals surface area contributed by atoms with Gasteiger partial charge in [0, 0.05) is 0 Å². The smallest absolute Gasteiger partial charge is 0.411 e. The SMILES string of the molecule is CC[C@H](O[Si](C)(C)C(C)(C)C)[C@H]1[C@H](N2C(=O)OC[C@@H]2c2ccccc2)C(=O)N1[Si](C)(C)C. The van der Waals surface area contributed by atoms with Crippen molar-refractivity contribution in [2.24, 2.45) is 0 Å². The van der Waals surface area contributed by atoms with Crippen molar-refractivity contribution < 1.29 is 18.8 Å². The Morgan fingerprint density at radius 1 is 1.09 bits per heavy atom. The molecule has 2 heterocycles. The number of benzene rings is 1. The summed E-state index contributed by atoms with van der Waals surface area (Å²) in [5.41, 5.74) is 0.995. The molecule has 0 spiro atoms. The second kappa shape index (κ2) is 8.61. The molecule has 0 aromatic heterocycles. The van der Waals surface area contributed by atoms with Crippen molar-refractivity contribution in [3.8, 4) is 0 Å². The molecule has 2 saturated heterocycles. The van der Waals surface area contributed by atoms with Gasteiger partial charge < -0.3 is 13.7 Å². The van der Waals surface area contributed by atoms with Crippen LogP contribution in [0.3, 0.4) is 0 Å². The average molecular weight is 477 g/mol. The van der Waals surface area contributed by atoms with Gasteiger partial charge in [-0.1, -0.05) is 77.7 Å². The molecule has 0 saturated carbocycles. The van der Waals surface area contributed by atoms with Crippen LogP contribution < -0.4 is 0 Å². The third-order valence-electron chi connectivity index (χ3n) is 7.27. The number of rotatable bonds is 7. The number of amides is 2. The van der Waals surface area contributed by atoms with Crippen LogP contribution in [0.5, 0.6) is 0 Å². The van der Waals surface area contributed by atoms with Crippen LogP contribution in [0.25, 0.3) is 0 Å². The summed E-state index contributed by atoms with van der Waals surface area (Å²) in [5.74, 6) is 0.0335. The first-order valence-corrected chi connectivity index (χ1v) is 18.1. The number of hydrogen-bond acceptors (Lipinski definition) is 4. The third-order valence-corrected chi connectivity index (χ3v) is 13.7. The number of cyclic esters (lactones) is 1. The van der Waals surface area contributed by atoms with Gasteiger partial charge in [-0.2, -0.15) is 0 Å². The van der Waals surface area contributed by atoms with Crippen LogP contribution in [-0.4, -0.2) is 62.8 Å². The minimum absolute atomic E-state index is 0.0335. The Hall–Kier alpha value is -1.65. The van der Waals surface area contributed by atoms with Gasteiger partial charge in [0.15, 0.2) is 16.6 Å². The summed E-state index contributed by atoms with van der Waals surface area (Å²) in [7, 11) is -4.05. The zero-order chi connectivity index (χ0) is 24.1. The lowest BCUT2D eigenvalue weighted by Crippen LogP contribution is -2.80. The van der Waals surface area contributed by atoms with Crippen molar-refractivity contribution in [1.29, 1.82) is 0 Å². The lowest BCUT2D eigenvalue weighted by atomic mass is 9.89. The van der Waals surface area contributed by atoms with Crippen LogP contribution in [0, 0.1) is 0 Å². The summed E-state index contributed by atoms with van der Waals surface area (Å²) in [6.45, 7) is 20.1. The number of hydrogen-bond donors (Lipinski definition) is 0. The quantitative estimate of drug-likeness (QED) is 0.391. The van der Waals surface area contributed by atoms with Crippen LogP contribution in [0.2, 0.25) is 37.8 Å². The fourth-order valence-corrected chi connectivity index (χ4v) is 7.96. The molecule has 178 valence electrons. The van der Waals surface area contributed by atoms with E-state index in [9.17, 15) is 9.59 Å². The molecule has 2 aliphatic rings. The van der Waals surface area contributed by atoms with Gasteiger partial charge in [0.1, 0.15) is 12.6 Å². The van der Waals surface area contributed by atoms with E-state index < -0.39 is 28.7 Å². The van der Waals surface area contributed by atoms with Gasteiger partial charge in [0.2, 0.25) is 5.91 Å². The highest BCUT2D eigenvalue weighted by Crippen LogP contribution is 2.44. The lowest BCUT2D eigenvalue weighted by molar-refractivity contribution is -0.155. The van der Waals surface area contributed by atoms with Crippen molar-refractivity contribution in [3.05, 3.63) is 35.9 Å². The van der Waals surface area contributed by atoms with Crippen molar-refractivity contribution in [2.75, 3.05) is 6.61 Å². The first kappa shape index (κ1) is 25.0. The molecule has 2 amide bonds. The summed E-state index contributed by atoms with van der Waals surface area (Å²) in [5, 5.41) is 0.0623. The fourth-order valence-electron chi connectivity index (χ4n) is 4.55. The summed E-state index contributed by atoms with van der Waals surface area (Å²) in [6, 6.07) is 8.92. The molecule has 3 rings (SSSR count). The molecule has 4 atom stereocenters. The zero-order valence-corrected chi connectivity index (χ0v) is 23.1. The Kier molecular flexibility index (Phi) is 6.72. The Balaban J connectivity index is 2.00. The molecule has 0 unspecified atom stereocenters. The van der Waals surface area contributed by atoms with E-state index in [1.54, 1.807) is 4.90 Å². The van der Waals surface area contributed by atoms with Gasteiger partial charge in [-0.05, 0) is 30.1 Å². The highest BCUT2D eigenvalue weighted by atomic mass is 28.4. The van der Waals surface area contributed by atoms with E-state index in [1.807, 2.05) is 30.3 Å². The van der Waals surface area contributed by atoms with Crippen LogP contribution in [0.1, 0.15) is 45.7 Å². The van der Waals surface area contributed by atoms with Crippen molar-refractivity contribution in [3.63, 3.8) is 0 Å². The van der Waals surface area contributed by atoms with Gasteiger partial charge >= 0.3 is 6.09 Å². The number of carbonyl (C=O) groups is 2. The van der Waals surface area contributed by atoms with Gasteiger partial charge in [0.25, 0.3) is 0 Å². The Labute approximate surface area is 195 Å². The van der Waals surface area contributed by atoms with Crippen LogP contribution >= 0.6 is 0 Å². The molecular weight excluding hydrogens is 436 g/mol. The predicted molar refractivity (Wildman–Crippen MR) is 132 cm³/mol. The van der Waals surface area contributed by atoms with E-state index >= 15 is 0 Å². The highest BCUT2D eigenvalue weighted by Gasteiger charge is 2.61. The fraction of sp³-hybridized carbons (Fsp3) is 0.667. The maximum absolute atomic E-state index is 13.6. The predicted octanol–water partition coefficient (Wildman–Crippen LogP) is 5.39. The largest absolute Gasteiger partial charge is 0.447 e. The molecule has 8 heteroatoms. The second-order valence-electron chi connectivity index (χ2n) is 11.6. The Morgan fingerprint density at radius 3 is 2.19 bits per heavy atom. The Bertz CT molecular complexity index is 848. The molecule has 0 bridgehead atoms. The van der Waals surface area contributed by atoms with Crippen molar-refractivity contribution in [2.45, 2.75) is 96.1 Å². The number of ether oxygens (including phenoxy) is 1. The number of carbonyl (C=O) groups excluding carboxylic acids is 2. The van der Waals surface area contributed by atoms with E-state index in [0.29, 0.717) is 0 Å². The van der Waals surface area contributed by atoms with E-state index in [0.717, 1.165) is 12.0 Å². The Morgan fingerprint density at radius 2 is 1.69 bits per heavy atom. The minimum atomic E-state index is -2.07. The maximum Gasteiger partial charge on any atom is 0.411 e. The van der Waals surface area contributed by atoms with E-state index in [4.69, 9.17) is 9.16 Å². The third kappa shape index (κ3) is 4.41. The summed E-state index contributed by atoms with van der Waals surface area (Å²) in [6.07, 6.45) is 0.274. The van der Waals surface area contributed by atoms with E-state index in [1.165, 1.54) is 0 Å². The molecule has 0 N–H and O–H groups in total. The molecule has 2 aliphatic heterocycles. The van der Waals surface area contributed by atoms with E-state index in [2.05, 4.69) is 65.0 Å². The van der Waals surface area contributed by atoms with Gasteiger partial charge in [0.05, 0.1) is 18.2 Å². The van der Waals surface area contributed by atoms with Crippen molar-refractivity contribution >= 4 is 28.6 Å². The first-order chi connectivity index (χ1) is 14.7. The van der Waals surface area contributed by atoms with Crippen molar-refractivity contribution in [1.82, 2.24) is 9.47 Å². The maximum atomic E-state index is 13.6. The standard InChI is InChI=1S/C24H40N2O4Si2/c1-10-19(30-32(8,9)24(2,3)4)20-21(22(27)26(20)31(5,6)7)25-18(16-29-23(25)28)17-14-12-11-13-15-17/h11-15,18-21H,10,16H2,1-9H3/t18-,19+,20+,21+/m1/s1. The topological polar surface area (TPSA) is 59.1 Å². The average Bonchev–Trinajstić information content (AvgIpc) is 3.04. The molecule has 1 aromatic rings. The lowest BCUT2D eigenvalue weighted by Gasteiger charge is -2.59. The monoisotopic (exact) mass is 476 g/mol. The van der Waals surface area contributed by atoms with Gasteiger partial charge in [-0.3, -0.25) is 9.69 Å². The summed E-state index contributed by atoms with van der Waals surface area (Å²) < 4.78 is 14.4. The van der Waals surface area contributed by atoms with Crippen LogP contribution in [-0.2, 0) is 14.0 Å². The second-order valence-corrected chi connectivity index (χ2v) is 21.1.